The standard InChI is InChI=1S/C13H22O2/c14-12-4-3-10(7-13(12)15)11-6-8-1-2-9(11)5-8/h8-15H,1-7H2/t8-,9-,10+,11+,12-,13-/m0/s1. The first-order chi connectivity index (χ1) is 7.24. The molecule has 2 nitrogen and oxygen atoms in total. The SMILES string of the molecule is O[C@H]1CC[C@@H]([C@@H]2C[C@H]3CC[C@H]2C3)C[C@@H]1O. The molecule has 3 saturated carbocycles. The van der Waals surface area contributed by atoms with Gasteiger partial charge in [0.05, 0.1) is 12.2 Å². The van der Waals surface area contributed by atoms with Gasteiger partial charge in [-0.1, -0.05) is 6.42 Å². The van der Waals surface area contributed by atoms with E-state index >= 15 is 0 Å². The van der Waals surface area contributed by atoms with E-state index in [1.807, 2.05) is 0 Å². The van der Waals surface area contributed by atoms with Gasteiger partial charge in [0.15, 0.2) is 0 Å². The monoisotopic (exact) mass is 210 g/mol. The van der Waals surface area contributed by atoms with E-state index in [0.29, 0.717) is 5.92 Å². The number of aliphatic hydroxyl groups excluding tert-OH is 2. The van der Waals surface area contributed by atoms with Crippen LogP contribution in [0.3, 0.4) is 0 Å². The summed E-state index contributed by atoms with van der Waals surface area (Å²) in [4.78, 5) is 0. The molecule has 0 amide bonds. The third kappa shape index (κ3) is 1.72. The van der Waals surface area contributed by atoms with E-state index < -0.39 is 12.2 Å². The Morgan fingerprint density at radius 3 is 2.00 bits per heavy atom. The van der Waals surface area contributed by atoms with E-state index in [0.717, 1.165) is 37.0 Å². The summed E-state index contributed by atoms with van der Waals surface area (Å²) < 4.78 is 0. The molecule has 0 spiro atoms. The Bertz CT molecular complexity index is 241. The molecule has 2 heteroatoms. The first-order valence-electron chi connectivity index (χ1n) is 6.60. The van der Waals surface area contributed by atoms with Gasteiger partial charge in [0.2, 0.25) is 0 Å². The lowest BCUT2D eigenvalue weighted by molar-refractivity contribution is -0.0392. The third-order valence-corrected chi connectivity index (χ3v) is 5.22. The third-order valence-electron chi connectivity index (χ3n) is 5.22. The average molecular weight is 210 g/mol. The zero-order valence-corrected chi connectivity index (χ0v) is 9.31. The fourth-order valence-electron chi connectivity index (χ4n) is 4.42. The first-order valence-corrected chi connectivity index (χ1v) is 6.60. The van der Waals surface area contributed by atoms with Crippen molar-refractivity contribution in [2.75, 3.05) is 0 Å². The minimum Gasteiger partial charge on any atom is -0.390 e. The molecule has 2 N–H and O–H groups in total. The minimum absolute atomic E-state index is 0.442. The van der Waals surface area contributed by atoms with Gasteiger partial charge in [-0.2, -0.15) is 0 Å². The van der Waals surface area contributed by atoms with Gasteiger partial charge in [-0.3, -0.25) is 0 Å². The molecule has 2 bridgehead atoms. The Balaban J connectivity index is 1.63. The molecule has 0 aliphatic heterocycles. The molecule has 3 aliphatic rings. The molecule has 3 fully saturated rings. The van der Waals surface area contributed by atoms with Gasteiger partial charge in [0.1, 0.15) is 0 Å². The van der Waals surface area contributed by atoms with Crippen molar-refractivity contribution in [2.24, 2.45) is 23.7 Å². The average Bonchev–Trinajstić information content (AvgIpc) is 2.83. The topological polar surface area (TPSA) is 40.5 Å². The van der Waals surface area contributed by atoms with Crippen LogP contribution in [0.4, 0.5) is 0 Å². The lowest BCUT2D eigenvalue weighted by Crippen LogP contribution is -2.37. The molecular formula is C13H22O2. The molecule has 86 valence electrons. The smallest absolute Gasteiger partial charge is 0.0801 e. The summed E-state index contributed by atoms with van der Waals surface area (Å²) in [5, 5.41) is 19.2. The van der Waals surface area contributed by atoms with Crippen LogP contribution >= 0.6 is 0 Å². The van der Waals surface area contributed by atoms with Gasteiger partial charge < -0.3 is 10.2 Å². The molecule has 6 atom stereocenters. The number of fused-ring (bicyclic) bond motifs is 2. The number of hydrogen-bond acceptors (Lipinski definition) is 2. The molecule has 0 heterocycles. The van der Waals surface area contributed by atoms with Crippen molar-refractivity contribution < 1.29 is 10.2 Å². The van der Waals surface area contributed by atoms with E-state index in [2.05, 4.69) is 0 Å². The van der Waals surface area contributed by atoms with Gasteiger partial charge >= 0.3 is 0 Å². The number of aliphatic hydroxyl groups is 2. The molecule has 0 unspecified atom stereocenters. The second-order valence-corrected chi connectivity index (χ2v) is 6.05. The Hall–Kier alpha value is -0.0800. The Morgan fingerprint density at radius 1 is 0.667 bits per heavy atom. The number of rotatable bonds is 1. The second kappa shape index (κ2) is 3.74. The summed E-state index contributed by atoms with van der Waals surface area (Å²) in [7, 11) is 0. The van der Waals surface area contributed by atoms with Gasteiger partial charge in [-0.15, -0.1) is 0 Å². The van der Waals surface area contributed by atoms with Crippen molar-refractivity contribution in [3.8, 4) is 0 Å². The number of hydrogen-bond donors (Lipinski definition) is 2. The van der Waals surface area contributed by atoms with Crippen molar-refractivity contribution in [1.29, 1.82) is 0 Å². The normalized spacial score (nSPS) is 54.8. The Kier molecular flexibility index (Phi) is 2.52. The zero-order chi connectivity index (χ0) is 10.4. The first kappa shape index (κ1) is 10.1. The van der Waals surface area contributed by atoms with Crippen LogP contribution in [0.2, 0.25) is 0 Å². The lowest BCUT2D eigenvalue weighted by Gasteiger charge is -2.37. The molecule has 0 aromatic rings. The second-order valence-electron chi connectivity index (χ2n) is 6.05. The maximum Gasteiger partial charge on any atom is 0.0801 e. The van der Waals surface area contributed by atoms with E-state index in [1.54, 1.807) is 0 Å². The summed E-state index contributed by atoms with van der Waals surface area (Å²) in [6.45, 7) is 0. The molecule has 3 aliphatic carbocycles. The summed E-state index contributed by atoms with van der Waals surface area (Å²) >= 11 is 0. The van der Waals surface area contributed by atoms with Crippen molar-refractivity contribution in [3.05, 3.63) is 0 Å². The van der Waals surface area contributed by atoms with Gasteiger partial charge in [-0.25, -0.2) is 0 Å². The highest BCUT2D eigenvalue weighted by atomic mass is 16.3. The molecule has 0 radical (unpaired) electrons. The molecule has 0 saturated heterocycles. The summed E-state index contributed by atoms with van der Waals surface area (Å²) in [6, 6.07) is 0. The predicted octanol–water partition coefficient (Wildman–Crippen LogP) is 1.94. The van der Waals surface area contributed by atoms with Crippen LogP contribution in [0, 0.1) is 23.7 Å². The van der Waals surface area contributed by atoms with Crippen LogP contribution in [0.5, 0.6) is 0 Å². The molecule has 0 aromatic carbocycles. The minimum atomic E-state index is -0.445. The highest BCUT2D eigenvalue weighted by Crippen LogP contribution is 2.53. The fourth-order valence-corrected chi connectivity index (χ4v) is 4.42. The van der Waals surface area contributed by atoms with Gasteiger partial charge in [0, 0.05) is 0 Å². The highest BCUT2D eigenvalue weighted by molar-refractivity contribution is 4.95. The summed E-state index contributed by atoms with van der Waals surface area (Å²) in [5.74, 6) is 3.55. The zero-order valence-electron chi connectivity index (χ0n) is 9.31. The summed E-state index contributed by atoms with van der Waals surface area (Å²) in [5.41, 5.74) is 0. The Morgan fingerprint density at radius 2 is 1.40 bits per heavy atom. The predicted molar refractivity (Wildman–Crippen MR) is 58.3 cm³/mol. The van der Waals surface area contributed by atoms with E-state index in [-0.39, 0.29) is 0 Å². The van der Waals surface area contributed by atoms with Gasteiger partial charge in [-0.05, 0) is 62.2 Å². The molecule has 3 rings (SSSR count). The maximum absolute atomic E-state index is 9.73. The molecular weight excluding hydrogens is 188 g/mol. The van der Waals surface area contributed by atoms with Crippen molar-refractivity contribution in [3.63, 3.8) is 0 Å². The van der Waals surface area contributed by atoms with E-state index in [9.17, 15) is 10.2 Å². The maximum atomic E-state index is 9.73. The Labute approximate surface area is 91.7 Å². The van der Waals surface area contributed by atoms with Crippen LogP contribution in [0.25, 0.3) is 0 Å². The van der Waals surface area contributed by atoms with E-state index in [4.69, 9.17) is 0 Å². The van der Waals surface area contributed by atoms with Crippen LogP contribution < -0.4 is 0 Å². The van der Waals surface area contributed by atoms with Crippen molar-refractivity contribution >= 4 is 0 Å². The quantitative estimate of drug-likeness (QED) is 0.694. The summed E-state index contributed by atoms with van der Waals surface area (Å²) in [6.07, 6.45) is 7.70. The van der Waals surface area contributed by atoms with Crippen molar-refractivity contribution in [2.45, 2.75) is 57.2 Å². The van der Waals surface area contributed by atoms with Crippen LogP contribution in [-0.2, 0) is 0 Å². The van der Waals surface area contributed by atoms with Gasteiger partial charge in [0.25, 0.3) is 0 Å². The van der Waals surface area contributed by atoms with E-state index in [1.165, 1.54) is 25.7 Å². The largest absolute Gasteiger partial charge is 0.390 e. The van der Waals surface area contributed by atoms with Crippen LogP contribution in [0.1, 0.15) is 44.9 Å². The fraction of sp³-hybridized carbons (Fsp3) is 1.00. The molecule has 0 aromatic heterocycles. The highest BCUT2D eigenvalue weighted by Gasteiger charge is 2.44. The van der Waals surface area contributed by atoms with Crippen LogP contribution in [-0.4, -0.2) is 22.4 Å². The molecule has 15 heavy (non-hydrogen) atoms. The van der Waals surface area contributed by atoms with Crippen LogP contribution in [0.15, 0.2) is 0 Å². The van der Waals surface area contributed by atoms with Crippen molar-refractivity contribution in [1.82, 2.24) is 0 Å². The lowest BCUT2D eigenvalue weighted by atomic mass is 9.71.